The van der Waals surface area contributed by atoms with Crippen LogP contribution in [0.4, 0.5) is 0 Å². The van der Waals surface area contributed by atoms with E-state index in [2.05, 4.69) is 33.0 Å². The van der Waals surface area contributed by atoms with E-state index in [0.717, 1.165) is 31.2 Å². The molecule has 1 saturated carbocycles. The molecule has 2 aliphatic rings. The number of aromatic nitrogens is 3. The van der Waals surface area contributed by atoms with Gasteiger partial charge in [-0.2, -0.15) is 4.98 Å². The van der Waals surface area contributed by atoms with Crippen LogP contribution in [0.1, 0.15) is 67.8 Å². The van der Waals surface area contributed by atoms with E-state index < -0.39 is 0 Å². The van der Waals surface area contributed by atoms with Crippen molar-refractivity contribution in [2.45, 2.75) is 50.5 Å². The average molecular weight is 298 g/mol. The zero-order valence-corrected chi connectivity index (χ0v) is 13.0. The normalized spacial score (nSPS) is 24.3. The molecule has 2 fully saturated rings. The number of hydrogen-bond donors (Lipinski definition) is 0. The van der Waals surface area contributed by atoms with Gasteiger partial charge < -0.3 is 4.52 Å². The fraction of sp³-hybridized carbons (Fsp3) is 0.588. The van der Waals surface area contributed by atoms with Gasteiger partial charge in [-0.05, 0) is 50.8 Å². The van der Waals surface area contributed by atoms with Gasteiger partial charge in [-0.25, -0.2) is 0 Å². The van der Waals surface area contributed by atoms with Gasteiger partial charge in [0, 0.05) is 36.8 Å². The predicted octanol–water partition coefficient (Wildman–Crippen LogP) is 3.28. The Morgan fingerprint density at radius 3 is 2.95 bits per heavy atom. The van der Waals surface area contributed by atoms with E-state index in [4.69, 9.17) is 4.52 Å². The van der Waals surface area contributed by atoms with Crippen LogP contribution in [0.25, 0.3) is 0 Å². The topological polar surface area (TPSA) is 55.1 Å². The molecule has 1 aliphatic heterocycles. The number of nitrogens with zero attached hydrogens (tertiary/aromatic N) is 4. The summed E-state index contributed by atoms with van der Waals surface area (Å²) in [7, 11) is 0. The van der Waals surface area contributed by atoms with Gasteiger partial charge in [0.05, 0.1) is 0 Å². The molecule has 5 nitrogen and oxygen atoms in total. The van der Waals surface area contributed by atoms with E-state index in [0.29, 0.717) is 17.9 Å². The smallest absolute Gasteiger partial charge is 0.229 e. The standard InChI is InChI=1S/C17H22N4O/c1-12(14-4-2-8-18-10-14)21-9-3-5-15(11-21)16-19-17(22-20-16)13-6-7-13/h2,4,8,10,12-13,15H,3,5-7,9,11H2,1H3/t12-,15+/m0/s1. The molecule has 2 aromatic rings. The number of rotatable bonds is 4. The quantitative estimate of drug-likeness (QED) is 0.867. The first-order valence-electron chi connectivity index (χ1n) is 8.28. The SMILES string of the molecule is C[C@@H](c1cccnc1)N1CCC[C@@H](c2noc(C3CC3)n2)C1. The van der Waals surface area contributed by atoms with Gasteiger partial charge in [0.1, 0.15) is 0 Å². The van der Waals surface area contributed by atoms with E-state index in [1.807, 2.05) is 18.5 Å². The maximum atomic E-state index is 5.43. The molecule has 0 unspecified atom stereocenters. The van der Waals surface area contributed by atoms with Gasteiger partial charge in [0.2, 0.25) is 5.89 Å². The Bertz CT molecular complexity index is 623. The van der Waals surface area contributed by atoms with Crippen LogP contribution in [-0.4, -0.2) is 33.1 Å². The summed E-state index contributed by atoms with van der Waals surface area (Å²) in [6, 6.07) is 4.54. The van der Waals surface area contributed by atoms with Crippen LogP contribution >= 0.6 is 0 Å². The van der Waals surface area contributed by atoms with Crippen molar-refractivity contribution in [2.24, 2.45) is 0 Å². The molecule has 1 aliphatic carbocycles. The maximum Gasteiger partial charge on any atom is 0.229 e. The molecule has 22 heavy (non-hydrogen) atoms. The Balaban J connectivity index is 1.46. The Morgan fingerprint density at radius 1 is 1.27 bits per heavy atom. The summed E-state index contributed by atoms with van der Waals surface area (Å²) in [5.74, 6) is 2.69. The lowest BCUT2D eigenvalue weighted by atomic mass is 9.95. The molecule has 5 heteroatoms. The predicted molar refractivity (Wildman–Crippen MR) is 82.5 cm³/mol. The van der Waals surface area contributed by atoms with Crippen LogP contribution < -0.4 is 0 Å². The molecule has 4 rings (SSSR count). The number of pyridine rings is 1. The minimum absolute atomic E-state index is 0.381. The van der Waals surface area contributed by atoms with Gasteiger partial charge in [0.15, 0.2) is 5.82 Å². The van der Waals surface area contributed by atoms with Crippen LogP contribution in [-0.2, 0) is 0 Å². The summed E-state index contributed by atoms with van der Waals surface area (Å²) in [5.41, 5.74) is 1.27. The summed E-state index contributed by atoms with van der Waals surface area (Å²) in [6.07, 6.45) is 8.54. The van der Waals surface area contributed by atoms with Crippen molar-refractivity contribution >= 4 is 0 Å². The first-order chi connectivity index (χ1) is 10.8. The molecule has 0 aromatic carbocycles. The van der Waals surface area contributed by atoms with Crippen molar-refractivity contribution in [2.75, 3.05) is 13.1 Å². The van der Waals surface area contributed by atoms with E-state index in [1.54, 1.807) is 0 Å². The molecule has 116 valence electrons. The second-order valence-corrected chi connectivity index (χ2v) is 6.56. The largest absolute Gasteiger partial charge is 0.339 e. The van der Waals surface area contributed by atoms with Crippen LogP contribution in [0.3, 0.4) is 0 Å². The second kappa shape index (κ2) is 5.80. The number of piperidine rings is 1. The third-order valence-corrected chi connectivity index (χ3v) is 4.92. The Hall–Kier alpha value is -1.75. The first kappa shape index (κ1) is 13.9. The van der Waals surface area contributed by atoms with E-state index in [1.165, 1.54) is 24.8 Å². The lowest BCUT2D eigenvalue weighted by molar-refractivity contribution is 0.154. The Labute approximate surface area is 130 Å². The molecule has 1 saturated heterocycles. The molecule has 2 aromatic heterocycles. The molecule has 0 amide bonds. The molecular weight excluding hydrogens is 276 g/mol. The summed E-state index contributed by atoms with van der Waals surface area (Å²) in [5, 5.41) is 4.24. The van der Waals surface area contributed by atoms with E-state index in [9.17, 15) is 0 Å². The highest BCUT2D eigenvalue weighted by molar-refractivity contribution is 5.14. The molecule has 0 N–H and O–H groups in total. The summed E-state index contributed by atoms with van der Waals surface area (Å²) in [6.45, 7) is 4.38. The fourth-order valence-corrected chi connectivity index (χ4v) is 3.31. The van der Waals surface area contributed by atoms with Gasteiger partial charge in [-0.3, -0.25) is 9.88 Å². The molecular formula is C17H22N4O. The van der Waals surface area contributed by atoms with Gasteiger partial charge in [-0.1, -0.05) is 11.2 Å². The first-order valence-corrected chi connectivity index (χ1v) is 8.28. The monoisotopic (exact) mass is 298 g/mol. The third kappa shape index (κ3) is 2.77. The lowest BCUT2D eigenvalue weighted by Gasteiger charge is -2.35. The van der Waals surface area contributed by atoms with Crippen molar-refractivity contribution in [3.05, 3.63) is 41.8 Å². The van der Waals surface area contributed by atoms with Gasteiger partial charge in [-0.15, -0.1) is 0 Å². The molecule has 0 radical (unpaired) electrons. The zero-order valence-electron chi connectivity index (χ0n) is 13.0. The van der Waals surface area contributed by atoms with Crippen LogP contribution in [0.15, 0.2) is 29.0 Å². The van der Waals surface area contributed by atoms with Crippen molar-refractivity contribution in [3.63, 3.8) is 0 Å². The van der Waals surface area contributed by atoms with Crippen molar-refractivity contribution in [1.82, 2.24) is 20.0 Å². The lowest BCUT2D eigenvalue weighted by Crippen LogP contribution is -2.36. The van der Waals surface area contributed by atoms with Crippen molar-refractivity contribution in [3.8, 4) is 0 Å². The van der Waals surface area contributed by atoms with Crippen molar-refractivity contribution < 1.29 is 4.52 Å². The number of likely N-dealkylation sites (tertiary alicyclic amines) is 1. The highest BCUT2D eigenvalue weighted by Crippen LogP contribution is 2.40. The zero-order chi connectivity index (χ0) is 14.9. The van der Waals surface area contributed by atoms with Gasteiger partial charge >= 0.3 is 0 Å². The molecule has 0 spiro atoms. The number of hydrogen-bond acceptors (Lipinski definition) is 5. The average Bonchev–Trinajstić information content (AvgIpc) is 3.32. The second-order valence-electron chi connectivity index (χ2n) is 6.56. The summed E-state index contributed by atoms with van der Waals surface area (Å²) >= 11 is 0. The highest BCUT2D eigenvalue weighted by atomic mass is 16.5. The van der Waals surface area contributed by atoms with Crippen LogP contribution in [0, 0.1) is 0 Å². The van der Waals surface area contributed by atoms with E-state index in [-0.39, 0.29) is 0 Å². The highest BCUT2D eigenvalue weighted by Gasteiger charge is 2.32. The van der Waals surface area contributed by atoms with Crippen LogP contribution in [0.5, 0.6) is 0 Å². The maximum absolute atomic E-state index is 5.43. The Morgan fingerprint density at radius 2 is 2.18 bits per heavy atom. The van der Waals surface area contributed by atoms with Crippen LogP contribution in [0.2, 0.25) is 0 Å². The minimum atomic E-state index is 0.381. The molecule has 2 atom stereocenters. The summed E-state index contributed by atoms with van der Waals surface area (Å²) in [4.78, 5) is 11.4. The fourth-order valence-electron chi connectivity index (χ4n) is 3.31. The summed E-state index contributed by atoms with van der Waals surface area (Å²) < 4.78 is 5.43. The van der Waals surface area contributed by atoms with Gasteiger partial charge in [0.25, 0.3) is 0 Å². The minimum Gasteiger partial charge on any atom is -0.339 e. The third-order valence-electron chi connectivity index (χ3n) is 4.92. The van der Waals surface area contributed by atoms with E-state index >= 15 is 0 Å². The Kier molecular flexibility index (Phi) is 3.66. The molecule has 0 bridgehead atoms. The molecule has 3 heterocycles. The van der Waals surface area contributed by atoms with Crippen molar-refractivity contribution in [1.29, 1.82) is 0 Å².